The molecule has 2 aliphatic rings. The molecule has 1 aromatic carbocycles. The minimum atomic E-state index is -0.857. The average molecular weight is 386 g/mol. The summed E-state index contributed by atoms with van der Waals surface area (Å²) in [5.41, 5.74) is 1.59. The molecule has 28 heavy (non-hydrogen) atoms. The number of aryl methyl sites for hydroxylation is 1. The Labute approximate surface area is 169 Å². The second kappa shape index (κ2) is 10.2. The number of hydrogen-bond acceptors (Lipinski definition) is 4. The molecule has 0 spiro atoms. The van der Waals surface area contributed by atoms with Crippen molar-refractivity contribution in [3.8, 4) is 0 Å². The van der Waals surface area contributed by atoms with Crippen molar-refractivity contribution in [2.45, 2.75) is 57.5 Å². The highest BCUT2D eigenvalue weighted by Crippen LogP contribution is 2.31. The Morgan fingerprint density at radius 3 is 2.54 bits per heavy atom. The van der Waals surface area contributed by atoms with Crippen molar-refractivity contribution in [1.82, 2.24) is 10.2 Å². The molecule has 1 aromatic rings. The molecule has 0 bridgehead atoms. The number of benzene rings is 1. The number of nitrogens with zero attached hydrogens (tertiary/aromatic N) is 2. The van der Waals surface area contributed by atoms with Gasteiger partial charge in [-0.3, -0.25) is 4.99 Å². The maximum atomic E-state index is 10.9. The van der Waals surface area contributed by atoms with Crippen LogP contribution in [-0.2, 0) is 6.42 Å². The monoisotopic (exact) mass is 385 g/mol. The number of likely N-dealkylation sites (tertiary alicyclic amines) is 1. The Morgan fingerprint density at radius 1 is 1.29 bits per heavy atom. The quantitative estimate of drug-likeness (QED) is 0.478. The molecular formula is C23H35N3O2. The van der Waals surface area contributed by atoms with Crippen molar-refractivity contribution in [2.75, 3.05) is 26.7 Å². The molecule has 1 saturated heterocycles. The van der Waals surface area contributed by atoms with Crippen molar-refractivity contribution in [1.29, 1.82) is 0 Å². The maximum absolute atomic E-state index is 10.9. The number of carboxylic acids is 1. The summed E-state index contributed by atoms with van der Waals surface area (Å²) in [6.07, 6.45) is 9.31. The molecule has 2 fully saturated rings. The van der Waals surface area contributed by atoms with Crippen molar-refractivity contribution < 1.29 is 9.90 Å². The van der Waals surface area contributed by atoms with Gasteiger partial charge in [0, 0.05) is 25.3 Å². The lowest BCUT2D eigenvalue weighted by Crippen LogP contribution is -2.45. The van der Waals surface area contributed by atoms with Gasteiger partial charge >= 0.3 is 5.97 Å². The molecule has 5 heteroatoms. The molecule has 1 aliphatic carbocycles. The fraction of sp³-hybridized carbons (Fsp3) is 0.652. The van der Waals surface area contributed by atoms with Gasteiger partial charge in [-0.15, -0.1) is 0 Å². The number of piperidine rings is 1. The van der Waals surface area contributed by atoms with Crippen LogP contribution >= 0.6 is 0 Å². The second-order valence-corrected chi connectivity index (χ2v) is 8.56. The van der Waals surface area contributed by atoms with E-state index in [1.807, 2.05) is 19.2 Å². The third-order valence-electron chi connectivity index (χ3n) is 6.36. The molecule has 1 heterocycles. The van der Waals surface area contributed by atoms with E-state index in [9.17, 15) is 4.79 Å². The molecule has 154 valence electrons. The Kier molecular flexibility index (Phi) is 7.63. The first-order valence-electron chi connectivity index (χ1n) is 10.8. The van der Waals surface area contributed by atoms with E-state index in [0.29, 0.717) is 23.6 Å². The molecule has 0 aromatic heterocycles. The number of carbonyl (C=O) groups is 1. The number of rotatable bonds is 10. The van der Waals surface area contributed by atoms with Gasteiger partial charge in [-0.2, -0.15) is 0 Å². The lowest BCUT2D eigenvalue weighted by molar-refractivity contribution is 0.0697. The van der Waals surface area contributed by atoms with Crippen molar-refractivity contribution in [2.24, 2.45) is 16.8 Å². The Bertz CT molecular complexity index is 650. The van der Waals surface area contributed by atoms with Crippen LogP contribution in [0.3, 0.4) is 0 Å². The van der Waals surface area contributed by atoms with Crippen molar-refractivity contribution in [3.63, 3.8) is 0 Å². The fourth-order valence-corrected chi connectivity index (χ4v) is 4.28. The van der Waals surface area contributed by atoms with Crippen LogP contribution in [-0.4, -0.2) is 61.0 Å². The number of unbranched alkanes of at least 4 members (excludes halogenated alkanes) is 1. The molecule has 0 radical (unpaired) electrons. The topological polar surface area (TPSA) is 64.9 Å². The zero-order chi connectivity index (χ0) is 19.9. The summed E-state index contributed by atoms with van der Waals surface area (Å²) in [5.74, 6) is 0.679. The summed E-state index contributed by atoms with van der Waals surface area (Å²) in [5, 5.41) is 12.8. The van der Waals surface area contributed by atoms with Gasteiger partial charge in [0.2, 0.25) is 0 Å². The molecule has 0 amide bonds. The van der Waals surface area contributed by atoms with Crippen LogP contribution in [0.2, 0.25) is 0 Å². The SMILES string of the molecule is CN=CC(N[C@@H]1C[C@H]1C)C1CCN(CCCCc2ccc(C(=O)O)cc2)CC1. The molecular weight excluding hydrogens is 350 g/mol. The second-order valence-electron chi connectivity index (χ2n) is 8.56. The molecule has 1 aliphatic heterocycles. The molecule has 2 N–H and O–H groups in total. The minimum absolute atomic E-state index is 0.365. The van der Waals surface area contributed by atoms with E-state index < -0.39 is 5.97 Å². The van der Waals surface area contributed by atoms with Gasteiger partial charge in [0.25, 0.3) is 0 Å². The van der Waals surface area contributed by atoms with Crippen molar-refractivity contribution in [3.05, 3.63) is 35.4 Å². The summed E-state index contributed by atoms with van der Waals surface area (Å²) in [4.78, 5) is 17.8. The lowest BCUT2D eigenvalue weighted by Gasteiger charge is -2.35. The van der Waals surface area contributed by atoms with E-state index >= 15 is 0 Å². The molecule has 1 saturated carbocycles. The first kappa shape index (κ1) is 21.0. The van der Waals surface area contributed by atoms with E-state index in [1.54, 1.807) is 12.1 Å². The normalized spacial score (nSPS) is 24.5. The third-order valence-corrected chi connectivity index (χ3v) is 6.36. The number of carboxylic acid groups (broad SMARTS) is 1. The van der Waals surface area contributed by atoms with Gasteiger partial charge in [-0.05, 0) is 87.7 Å². The average Bonchev–Trinajstić information content (AvgIpc) is 3.40. The van der Waals surface area contributed by atoms with E-state index in [-0.39, 0.29) is 0 Å². The van der Waals surface area contributed by atoms with Crippen LogP contribution in [0.5, 0.6) is 0 Å². The van der Waals surface area contributed by atoms with Gasteiger partial charge in [0.15, 0.2) is 0 Å². The highest BCUT2D eigenvalue weighted by molar-refractivity contribution is 5.87. The first-order valence-corrected chi connectivity index (χ1v) is 10.8. The number of aromatic carboxylic acids is 1. The number of aliphatic imine (C=N–C) groups is 1. The lowest BCUT2D eigenvalue weighted by atomic mass is 9.89. The highest BCUT2D eigenvalue weighted by Gasteiger charge is 2.36. The Morgan fingerprint density at radius 2 is 1.96 bits per heavy atom. The van der Waals surface area contributed by atoms with Crippen LogP contribution in [0.25, 0.3) is 0 Å². The van der Waals surface area contributed by atoms with Crippen LogP contribution < -0.4 is 5.32 Å². The van der Waals surface area contributed by atoms with E-state index in [0.717, 1.165) is 18.8 Å². The van der Waals surface area contributed by atoms with Crippen LogP contribution in [0.15, 0.2) is 29.3 Å². The fourth-order valence-electron chi connectivity index (χ4n) is 4.28. The van der Waals surface area contributed by atoms with Gasteiger partial charge in [0.1, 0.15) is 0 Å². The Hall–Kier alpha value is -1.72. The molecule has 1 unspecified atom stereocenters. The predicted molar refractivity (Wildman–Crippen MR) is 114 cm³/mol. The Balaban J connectivity index is 1.33. The third kappa shape index (κ3) is 6.14. The maximum Gasteiger partial charge on any atom is 0.335 e. The summed E-state index contributed by atoms with van der Waals surface area (Å²) in [7, 11) is 1.88. The molecule has 3 atom stereocenters. The van der Waals surface area contributed by atoms with Gasteiger partial charge in [0.05, 0.1) is 5.56 Å². The summed E-state index contributed by atoms with van der Waals surface area (Å²) in [6.45, 7) is 5.86. The van der Waals surface area contributed by atoms with Crippen LogP contribution in [0.1, 0.15) is 54.9 Å². The van der Waals surface area contributed by atoms with Gasteiger partial charge < -0.3 is 15.3 Å². The standard InChI is InChI=1S/C23H35N3O2/c1-17-15-21(17)25-22(16-24-2)19-10-13-26(14-11-19)12-4-3-5-18-6-8-20(9-7-18)23(27)28/h6-9,16-17,19,21-22,25H,3-5,10-15H2,1-2H3,(H,27,28)/t17-,21-,22?/m1/s1. The van der Waals surface area contributed by atoms with E-state index in [1.165, 1.54) is 50.9 Å². The highest BCUT2D eigenvalue weighted by atomic mass is 16.4. The summed E-state index contributed by atoms with van der Waals surface area (Å²) >= 11 is 0. The summed E-state index contributed by atoms with van der Waals surface area (Å²) in [6, 6.07) is 8.43. The largest absolute Gasteiger partial charge is 0.478 e. The van der Waals surface area contributed by atoms with Gasteiger partial charge in [-0.25, -0.2) is 4.79 Å². The summed E-state index contributed by atoms with van der Waals surface area (Å²) < 4.78 is 0. The molecule has 3 rings (SSSR count). The zero-order valence-corrected chi connectivity index (χ0v) is 17.3. The predicted octanol–water partition coefficient (Wildman–Crippen LogP) is 3.49. The first-order chi connectivity index (χ1) is 13.6. The molecule has 5 nitrogen and oxygen atoms in total. The van der Waals surface area contributed by atoms with Crippen LogP contribution in [0, 0.1) is 11.8 Å². The number of nitrogens with one attached hydrogen (secondary N) is 1. The van der Waals surface area contributed by atoms with E-state index in [2.05, 4.69) is 28.3 Å². The van der Waals surface area contributed by atoms with Crippen LogP contribution in [0.4, 0.5) is 0 Å². The van der Waals surface area contributed by atoms with Gasteiger partial charge in [-0.1, -0.05) is 19.1 Å². The van der Waals surface area contributed by atoms with E-state index in [4.69, 9.17) is 5.11 Å². The minimum Gasteiger partial charge on any atom is -0.478 e. The smallest absolute Gasteiger partial charge is 0.335 e. The zero-order valence-electron chi connectivity index (χ0n) is 17.3. The van der Waals surface area contributed by atoms with Crippen molar-refractivity contribution >= 4 is 12.2 Å². The number of hydrogen-bond donors (Lipinski definition) is 2.